The van der Waals surface area contributed by atoms with Crippen LogP contribution in [0.15, 0.2) is 59.7 Å². The number of fused-ring (bicyclic) bond motifs is 1. The van der Waals surface area contributed by atoms with Gasteiger partial charge in [-0.05, 0) is 36.5 Å². The topological polar surface area (TPSA) is 85.9 Å². The Kier molecular flexibility index (Phi) is 5.20. The lowest BCUT2D eigenvalue weighted by molar-refractivity contribution is -0.110. The standard InChI is InChI=1S/C20H17N3O3/c1-22-17(11-12-21)20(24)23-16-10-9-15(18-19(16)26-13-25-18)8-7-14-5-3-2-4-6-14/h2-6,9-12H,13,21H2,1H3,(H,23,24). The van der Waals surface area contributed by atoms with Crippen LogP contribution in [-0.4, -0.2) is 25.5 Å². The first-order chi connectivity index (χ1) is 12.7. The van der Waals surface area contributed by atoms with Crippen LogP contribution in [0.1, 0.15) is 11.1 Å². The summed E-state index contributed by atoms with van der Waals surface area (Å²) in [4.78, 5) is 16.1. The van der Waals surface area contributed by atoms with E-state index in [0.717, 1.165) is 5.56 Å². The number of carbonyl (C=O) groups is 1. The van der Waals surface area contributed by atoms with Gasteiger partial charge in [0, 0.05) is 12.6 Å². The molecule has 1 heterocycles. The second-order valence-corrected chi connectivity index (χ2v) is 5.26. The number of rotatable bonds is 3. The first kappa shape index (κ1) is 17.1. The fourth-order valence-electron chi connectivity index (χ4n) is 2.38. The number of ether oxygens (including phenoxy) is 2. The summed E-state index contributed by atoms with van der Waals surface area (Å²) >= 11 is 0. The summed E-state index contributed by atoms with van der Waals surface area (Å²) in [6.07, 6.45) is 2.68. The Morgan fingerprint density at radius 2 is 1.92 bits per heavy atom. The highest BCUT2D eigenvalue weighted by Crippen LogP contribution is 2.41. The molecule has 0 saturated heterocycles. The zero-order valence-electron chi connectivity index (χ0n) is 14.2. The second kappa shape index (κ2) is 7.90. The average molecular weight is 347 g/mol. The Hall–Kier alpha value is -3.72. The number of hydrogen-bond donors (Lipinski definition) is 2. The summed E-state index contributed by atoms with van der Waals surface area (Å²) < 4.78 is 11.0. The van der Waals surface area contributed by atoms with Crippen LogP contribution in [-0.2, 0) is 4.79 Å². The highest BCUT2D eigenvalue weighted by atomic mass is 16.7. The molecule has 2 aromatic rings. The van der Waals surface area contributed by atoms with E-state index in [-0.39, 0.29) is 12.5 Å². The Bertz CT molecular complexity index is 938. The van der Waals surface area contributed by atoms with Crippen molar-refractivity contribution in [1.82, 2.24) is 0 Å². The van der Waals surface area contributed by atoms with Crippen LogP contribution in [0.2, 0.25) is 0 Å². The summed E-state index contributed by atoms with van der Waals surface area (Å²) in [5.41, 5.74) is 7.60. The smallest absolute Gasteiger partial charge is 0.273 e. The molecule has 0 fully saturated rings. The molecular formula is C20H17N3O3. The quantitative estimate of drug-likeness (QED) is 0.659. The van der Waals surface area contributed by atoms with E-state index in [1.165, 1.54) is 19.3 Å². The van der Waals surface area contributed by atoms with Crippen LogP contribution in [0, 0.1) is 11.8 Å². The Labute approximate surface area is 151 Å². The van der Waals surface area contributed by atoms with E-state index in [1.807, 2.05) is 30.3 Å². The molecule has 0 unspecified atom stereocenters. The Balaban J connectivity index is 1.89. The number of carbonyl (C=O) groups excluding carboxylic acids is 1. The number of nitrogens with one attached hydrogen (secondary N) is 1. The number of anilines is 1. The van der Waals surface area contributed by atoms with Crippen molar-refractivity contribution in [3.63, 3.8) is 0 Å². The normalized spacial score (nSPS) is 12.6. The van der Waals surface area contributed by atoms with E-state index in [0.29, 0.717) is 22.7 Å². The van der Waals surface area contributed by atoms with Gasteiger partial charge < -0.3 is 20.5 Å². The van der Waals surface area contributed by atoms with Crippen molar-refractivity contribution in [2.75, 3.05) is 19.2 Å². The maximum Gasteiger partial charge on any atom is 0.273 e. The van der Waals surface area contributed by atoms with Crippen LogP contribution in [0.25, 0.3) is 0 Å². The van der Waals surface area contributed by atoms with Gasteiger partial charge in [0.05, 0.1) is 11.3 Å². The molecule has 1 amide bonds. The second-order valence-electron chi connectivity index (χ2n) is 5.26. The maximum absolute atomic E-state index is 12.3. The monoisotopic (exact) mass is 347 g/mol. The van der Waals surface area contributed by atoms with Gasteiger partial charge in [0.1, 0.15) is 5.71 Å². The van der Waals surface area contributed by atoms with Crippen molar-refractivity contribution >= 4 is 17.3 Å². The summed E-state index contributed by atoms with van der Waals surface area (Å²) in [7, 11) is 1.52. The van der Waals surface area contributed by atoms with E-state index < -0.39 is 5.91 Å². The van der Waals surface area contributed by atoms with Gasteiger partial charge >= 0.3 is 0 Å². The van der Waals surface area contributed by atoms with E-state index >= 15 is 0 Å². The molecule has 26 heavy (non-hydrogen) atoms. The molecule has 1 aliphatic rings. The molecule has 1 aliphatic heterocycles. The predicted octanol–water partition coefficient (Wildman–Crippen LogP) is 2.30. The minimum Gasteiger partial charge on any atom is -0.452 e. The highest BCUT2D eigenvalue weighted by molar-refractivity contribution is 6.47. The number of benzene rings is 2. The van der Waals surface area contributed by atoms with E-state index in [4.69, 9.17) is 15.2 Å². The van der Waals surface area contributed by atoms with Crippen LogP contribution in [0.5, 0.6) is 11.5 Å². The minimum absolute atomic E-state index is 0.0691. The van der Waals surface area contributed by atoms with Gasteiger partial charge in [0.15, 0.2) is 11.5 Å². The summed E-state index contributed by atoms with van der Waals surface area (Å²) in [6, 6.07) is 13.1. The largest absolute Gasteiger partial charge is 0.452 e. The van der Waals surface area contributed by atoms with Gasteiger partial charge in [-0.2, -0.15) is 0 Å². The molecular weight excluding hydrogens is 330 g/mol. The van der Waals surface area contributed by atoms with E-state index in [9.17, 15) is 4.79 Å². The van der Waals surface area contributed by atoms with E-state index in [2.05, 4.69) is 22.2 Å². The molecule has 3 rings (SSSR count). The third-order valence-corrected chi connectivity index (χ3v) is 3.61. The lowest BCUT2D eigenvalue weighted by Gasteiger charge is -2.09. The molecule has 0 radical (unpaired) electrons. The van der Waals surface area contributed by atoms with Gasteiger partial charge in [0.25, 0.3) is 5.91 Å². The van der Waals surface area contributed by atoms with Crippen LogP contribution in [0.4, 0.5) is 5.69 Å². The molecule has 3 N–H and O–H groups in total. The third kappa shape index (κ3) is 3.68. The lowest BCUT2D eigenvalue weighted by atomic mass is 10.1. The first-order valence-electron chi connectivity index (χ1n) is 7.89. The average Bonchev–Trinajstić information content (AvgIpc) is 3.16. The Morgan fingerprint density at radius 1 is 1.15 bits per heavy atom. The molecule has 0 spiro atoms. The number of nitrogens with two attached hydrogens (primary N) is 1. The SMILES string of the molecule is CN=C(C=CN)C(=O)Nc1ccc(C#Cc2ccccc2)c2c1OCO2. The Morgan fingerprint density at radius 3 is 2.65 bits per heavy atom. The molecule has 0 saturated carbocycles. The van der Waals surface area contributed by atoms with Crippen molar-refractivity contribution in [2.24, 2.45) is 10.7 Å². The fourth-order valence-corrected chi connectivity index (χ4v) is 2.38. The van der Waals surface area contributed by atoms with Crippen molar-refractivity contribution in [3.05, 3.63) is 65.9 Å². The molecule has 0 atom stereocenters. The van der Waals surface area contributed by atoms with Gasteiger partial charge in [-0.25, -0.2) is 0 Å². The molecule has 0 aromatic heterocycles. The van der Waals surface area contributed by atoms with Crippen molar-refractivity contribution in [2.45, 2.75) is 0 Å². The predicted molar refractivity (Wildman–Crippen MR) is 100 cm³/mol. The number of amides is 1. The van der Waals surface area contributed by atoms with Crippen molar-refractivity contribution in [3.8, 4) is 23.3 Å². The fraction of sp³-hybridized carbons (Fsp3) is 0.100. The third-order valence-electron chi connectivity index (χ3n) is 3.61. The van der Waals surface area contributed by atoms with Gasteiger partial charge in [-0.15, -0.1) is 0 Å². The number of nitrogens with zero attached hydrogens (tertiary/aromatic N) is 1. The van der Waals surface area contributed by atoms with Crippen molar-refractivity contribution in [1.29, 1.82) is 0 Å². The minimum atomic E-state index is -0.394. The molecule has 2 aromatic carbocycles. The van der Waals surface area contributed by atoms with Gasteiger partial charge in [-0.3, -0.25) is 9.79 Å². The lowest BCUT2D eigenvalue weighted by Crippen LogP contribution is -2.21. The molecule has 0 bridgehead atoms. The summed E-state index contributed by atoms with van der Waals surface area (Å²) in [6.45, 7) is 0.0691. The first-order valence-corrected chi connectivity index (χ1v) is 7.89. The van der Waals surface area contributed by atoms with Crippen LogP contribution < -0.4 is 20.5 Å². The van der Waals surface area contributed by atoms with Crippen LogP contribution in [0.3, 0.4) is 0 Å². The van der Waals surface area contributed by atoms with Crippen molar-refractivity contribution < 1.29 is 14.3 Å². The highest BCUT2D eigenvalue weighted by Gasteiger charge is 2.23. The molecule has 130 valence electrons. The van der Waals surface area contributed by atoms with Crippen LogP contribution >= 0.6 is 0 Å². The molecule has 0 aliphatic carbocycles. The van der Waals surface area contributed by atoms with Gasteiger partial charge in [0.2, 0.25) is 6.79 Å². The molecule has 6 heteroatoms. The zero-order chi connectivity index (χ0) is 18.4. The van der Waals surface area contributed by atoms with Gasteiger partial charge in [-0.1, -0.05) is 30.0 Å². The zero-order valence-corrected chi connectivity index (χ0v) is 14.2. The maximum atomic E-state index is 12.3. The summed E-state index contributed by atoms with van der Waals surface area (Å²) in [5, 5.41) is 2.75. The summed E-state index contributed by atoms with van der Waals surface area (Å²) in [5.74, 6) is 6.72. The van der Waals surface area contributed by atoms with E-state index in [1.54, 1.807) is 12.1 Å². The number of aliphatic imine (C=N–C) groups is 1. The number of hydrogen-bond acceptors (Lipinski definition) is 5. The molecule has 6 nitrogen and oxygen atoms in total.